The third kappa shape index (κ3) is 2.14. The molecule has 94 valence electrons. The van der Waals surface area contributed by atoms with Crippen molar-refractivity contribution in [1.29, 1.82) is 0 Å². The summed E-state index contributed by atoms with van der Waals surface area (Å²) in [5.74, 6) is -1.00. The highest BCUT2D eigenvalue weighted by atomic mass is 19.1. The van der Waals surface area contributed by atoms with Gasteiger partial charge in [-0.1, -0.05) is 13.8 Å². The second-order valence-corrected chi connectivity index (χ2v) is 5.08. The molecule has 1 saturated carbocycles. The van der Waals surface area contributed by atoms with Crippen molar-refractivity contribution in [3.05, 3.63) is 29.8 Å². The van der Waals surface area contributed by atoms with Crippen molar-refractivity contribution in [2.45, 2.75) is 32.4 Å². The molecule has 1 fully saturated rings. The maximum absolute atomic E-state index is 13.4. The quantitative estimate of drug-likeness (QED) is 0.878. The summed E-state index contributed by atoms with van der Waals surface area (Å²) >= 11 is 0. The van der Waals surface area contributed by atoms with Gasteiger partial charge in [0.05, 0.1) is 0 Å². The van der Waals surface area contributed by atoms with Gasteiger partial charge in [0.2, 0.25) is 0 Å². The minimum absolute atomic E-state index is 0.00220. The molecule has 1 aliphatic rings. The van der Waals surface area contributed by atoms with Gasteiger partial charge in [-0.2, -0.15) is 0 Å². The van der Waals surface area contributed by atoms with Crippen molar-refractivity contribution < 1.29 is 13.5 Å². The molecule has 0 bridgehead atoms. The standard InChI is InChI=1S/C13H17F2NO/c1-13(2)11(16-3)7-12(13)17-10-6-8(14)4-5-9(10)15/h4-6,11-12,16H,7H2,1-3H3. The Balaban J connectivity index is 2.10. The summed E-state index contributed by atoms with van der Waals surface area (Å²) in [6, 6.07) is 3.62. The van der Waals surface area contributed by atoms with Crippen LogP contribution in [-0.2, 0) is 0 Å². The molecule has 17 heavy (non-hydrogen) atoms. The molecule has 0 spiro atoms. The van der Waals surface area contributed by atoms with Gasteiger partial charge in [0, 0.05) is 23.9 Å². The van der Waals surface area contributed by atoms with E-state index in [1.165, 1.54) is 0 Å². The summed E-state index contributed by atoms with van der Waals surface area (Å²) in [6.07, 6.45) is 0.718. The third-order valence-corrected chi connectivity index (χ3v) is 3.69. The summed E-state index contributed by atoms with van der Waals surface area (Å²) < 4.78 is 32.0. The van der Waals surface area contributed by atoms with Crippen LogP contribution in [0.2, 0.25) is 0 Å². The van der Waals surface area contributed by atoms with Crippen LogP contribution in [0.15, 0.2) is 18.2 Å². The summed E-state index contributed by atoms with van der Waals surface area (Å²) in [7, 11) is 1.89. The van der Waals surface area contributed by atoms with Gasteiger partial charge in [-0.25, -0.2) is 8.78 Å². The smallest absolute Gasteiger partial charge is 0.165 e. The molecule has 0 saturated heterocycles. The minimum Gasteiger partial charge on any atom is -0.487 e. The molecular weight excluding hydrogens is 224 g/mol. The number of ether oxygens (including phenoxy) is 1. The van der Waals surface area contributed by atoms with Gasteiger partial charge >= 0.3 is 0 Å². The highest BCUT2D eigenvalue weighted by Gasteiger charge is 2.49. The first-order valence-electron chi connectivity index (χ1n) is 5.74. The lowest BCUT2D eigenvalue weighted by atomic mass is 9.64. The summed E-state index contributed by atoms with van der Waals surface area (Å²) in [5, 5.41) is 3.19. The summed E-state index contributed by atoms with van der Waals surface area (Å²) in [5.41, 5.74) is -0.0759. The van der Waals surface area contributed by atoms with Crippen LogP contribution in [0.5, 0.6) is 5.75 Å². The molecule has 1 aromatic carbocycles. The van der Waals surface area contributed by atoms with Crippen LogP contribution in [0.1, 0.15) is 20.3 Å². The predicted octanol–water partition coefficient (Wildman–Crippen LogP) is 2.73. The lowest BCUT2D eigenvalue weighted by Gasteiger charge is -2.51. The van der Waals surface area contributed by atoms with Crippen molar-refractivity contribution in [2.24, 2.45) is 5.41 Å². The Bertz CT molecular complexity index is 420. The molecule has 0 aliphatic heterocycles. The number of halogens is 2. The van der Waals surface area contributed by atoms with E-state index in [1.807, 2.05) is 7.05 Å². The molecule has 0 radical (unpaired) electrons. The third-order valence-electron chi connectivity index (χ3n) is 3.69. The first kappa shape index (κ1) is 12.3. The van der Waals surface area contributed by atoms with Gasteiger partial charge in [0.1, 0.15) is 11.9 Å². The van der Waals surface area contributed by atoms with Crippen LogP contribution in [0.25, 0.3) is 0 Å². The average molecular weight is 241 g/mol. The lowest BCUT2D eigenvalue weighted by molar-refractivity contribution is -0.0539. The Morgan fingerprint density at radius 2 is 2.06 bits per heavy atom. The van der Waals surface area contributed by atoms with Gasteiger partial charge in [-0.15, -0.1) is 0 Å². The largest absolute Gasteiger partial charge is 0.487 e. The second kappa shape index (κ2) is 4.26. The van der Waals surface area contributed by atoms with Crippen LogP contribution in [0, 0.1) is 17.0 Å². The van der Waals surface area contributed by atoms with E-state index in [9.17, 15) is 8.78 Å². The van der Waals surface area contributed by atoms with Crippen LogP contribution < -0.4 is 10.1 Å². The van der Waals surface area contributed by atoms with Crippen molar-refractivity contribution in [1.82, 2.24) is 5.32 Å². The lowest BCUT2D eigenvalue weighted by Crippen LogP contribution is -2.61. The zero-order valence-corrected chi connectivity index (χ0v) is 10.3. The highest BCUT2D eigenvalue weighted by molar-refractivity contribution is 5.26. The molecule has 2 rings (SSSR count). The van der Waals surface area contributed by atoms with E-state index >= 15 is 0 Å². The van der Waals surface area contributed by atoms with Crippen molar-refractivity contribution in [3.8, 4) is 5.75 Å². The number of hydrogen-bond donors (Lipinski definition) is 1. The molecule has 4 heteroatoms. The number of rotatable bonds is 3. The maximum Gasteiger partial charge on any atom is 0.165 e. The van der Waals surface area contributed by atoms with Crippen LogP contribution >= 0.6 is 0 Å². The van der Waals surface area contributed by atoms with E-state index < -0.39 is 11.6 Å². The van der Waals surface area contributed by atoms with Crippen molar-refractivity contribution >= 4 is 0 Å². The van der Waals surface area contributed by atoms with Gasteiger partial charge in [0.25, 0.3) is 0 Å². The maximum atomic E-state index is 13.4. The van der Waals surface area contributed by atoms with Crippen LogP contribution in [0.4, 0.5) is 8.78 Å². The highest BCUT2D eigenvalue weighted by Crippen LogP contribution is 2.43. The Hall–Kier alpha value is -1.16. The Morgan fingerprint density at radius 3 is 2.65 bits per heavy atom. The van der Waals surface area contributed by atoms with Crippen molar-refractivity contribution in [2.75, 3.05) is 7.05 Å². The predicted molar refractivity (Wildman–Crippen MR) is 62.0 cm³/mol. The van der Waals surface area contributed by atoms with Gasteiger partial charge in [-0.05, 0) is 19.2 Å². The van der Waals surface area contributed by atoms with Gasteiger partial charge < -0.3 is 10.1 Å². The first-order valence-corrected chi connectivity index (χ1v) is 5.74. The molecule has 1 aromatic rings. The number of hydrogen-bond acceptors (Lipinski definition) is 2. The summed E-state index contributed by atoms with van der Waals surface area (Å²) in [4.78, 5) is 0. The average Bonchev–Trinajstić information content (AvgIpc) is 2.28. The van der Waals surface area contributed by atoms with Crippen LogP contribution in [0.3, 0.4) is 0 Å². The molecule has 2 unspecified atom stereocenters. The zero-order valence-electron chi connectivity index (χ0n) is 10.3. The van der Waals surface area contributed by atoms with Gasteiger partial charge in [-0.3, -0.25) is 0 Å². The van der Waals surface area contributed by atoms with Crippen molar-refractivity contribution in [3.63, 3.8) is 0 Å². The van der Waals surface area contributed by atoms with Gasteiger partial charge in [0.15, 0.2) is 11.6 Å². The zero-order chi connectivity index (χ0) is 12.6. The fraction of sp³-hybridized carbons (Fsp3) is 0.538. The Morgan fingerprint density at radius 1 is 1.35 bits per heavy atom. The topological polar surface area (TPSA) is 21.3 Å². The Labute approximate surface area is 100.0 Å². The first-order chi connectivity index (χ1) is 7.95. The SMILES string of the molecule is CNC1CC(Oc2cc(F)ccc2F)C1(C)C. The molecule has 0 aromatic heterocycles. The minimum atomic E-state index is -0.518. The van der Waals surface area contributed by atoms with E-state index in [-0.39, 0.29) is 17.3 Å². The second-order valence-electron chi connectivity index (χ2n) is 5.08. The molecule has 2 nitrogen and oxygen atoms in total. The van der Waals surface area contributed by atoms with E-state index in [4.69, 9.17) is 4.74 Å². The van der Waals surface area contributed by atoms with E-state index in [2.05, 4.69) is 19.2 Å². The molecule has 1 aliphatic carbocycles. The molecule has 0 amide bonds. The van der Waals surface area contributed by atoms with E-state index in [0.29, 0.717) is 6.04 Å². The normalized spacial score (nSPS) is 26.4. The monoisotopic (exact) mass is 241 g/mol. The van der Waals surface area contributed by atoms with Crippen LogP contribution in [-0.4, -0.2) is 19.2 Å². The number of nitrogens with one attached hydrogen (secondary N) is 1. The molecule has 1 N–H and O–H groups in total. The molecule has 2 atom stereocenters. The fourth-order valence-corrected chi connectivity index (χ4v) is 2.30. The molecular formula is C13H17F2NO. The Kier molecular flexibility index (Phi) is 3.08. The molecule has 0 heterocycles. The summed E-state index contributed by atoms with van der Waals surface area (Å²) in [6.45, 7) is 4.11. The van der Waals surface area contributed by atoms with E-state index in [0.717, 1.165) is 24.6 Å². The number of benzene rings is 1. The van der Waals surface area contributed by atoms with E-state index in [1.54, 1.807) is 0 Å². The fourth-order valence-electron chi connectivity index (χ4n) is 2.30.